The normalized spacial score (nSPS) is 13.4. The number of esters is 1. The van der Waals surface area contributed by atoms with Gasteiger partial charge in [0.1, 0.15) is 12.6 Å². The average molecular weight is 314 g/mol. The van der Waals surface area contributed by atoms with Gasteiger partial charge in [0, 0.05) is 5.88 Å². The third-order valence-corrected chi connectivity index (χ3v) is 3.31. The van der Waals surface area contributed by atoms with E-state index in [1.165, 1.54) is 6.92 Å². The molecule has 1 unspecified atom stereocenters. The minimum absolute atomic E-state index is 0.125. The molecule has 1 aromatic carbocycles. The van der Waals surface area contributed by atoms with Crippen LogP contribution in [0.3, 0.4) is 0 Å². The predicted molar refractivity (Wildman–Crippen MR) is 80.2 cm³/mol. The fraction of sp³-hybridized carbons (Fsp3) is 0.467. The van der Waals surface area contributed by atoms with Crippen molar-refractivity contribution in [2.75, 3.05) is 12.4 Å². The molecule has 1 rings (SSSR count). The topological polar surface area (TPSA) is 75.6 Å². The number of hydrogen-bond donors (Lipinski definition) is 2. The van der Waals surface area contributed by atoms with Crippen LogP contribution in [0.5, 0.6) is 0 Å². The van der Waals surface area contributed by atoms with E-state index in [2.05, 4.69) is 5.32 Å². The highest BCUT2D eigenvalue weighted by atomic mass is 35.5. The lowest BCUT2D eigenvalue weighted by Crippen LogP contribution is -2.46. The molecule has 0 aliphatic rings. The molecule has 2 atom stereocenters. The Balaban J connectivity index is 2.59. The van der Waals surface area contributed by atoms with Crippen molar-refractivity contribution in [3.05, 3.63) is 35.9 Å². The Morgan fingerprint density at radius 1 is 1.33 bits per heavy atom. The van der Waals surface area contributed by atoms with Gasteiger partial charge in [0.25, 0.3) is 0 Å². The van der Waals surface area contributed by atoms with E-state index in [4.69, 9.17) is 21.4 Å². The van der Waals surface area contributed by atoms with Crippen molar-refractivity contribution < 1.29 is 19.4 Å². The third kappa shape index (κ3) is 6.14. The molecule has 0 saturated heterocycles. The number of carbonyl (C=O) groups is 2. The van der Waals surface area contributed by atoms with Gasteiger partial charge in [-0.1, -0.05) is 30.3 Å². The van der Waals surface area contributed by atoms with Crippen molar-refractivity contribution in [1.82, 2.24) is 5.32 Å². The van der Waals surface area contributed by atoms with Gasteiger partial charge < -0.3 is 15.2 Å². The molecule has 0 fully saturated rings. The van der Waals surface area contributed by atoms with Gasteiger partial charge in [-0.3, -0.25) is 9.59 Å². The van der Waals surface area contributed by atoms with Crippen molar-refractivity contribution in [1.29, 1.82) is 0 Å². The van der Waals surface area contributed by atoms with Crippen LogP contribution in [0.4, 0.5) is 0 Å². The second-order valence-corrected chi connectivity index (χ2v) is 5.07. The number of alkyl halides is 1. The number of rotatable bonds is 9. The quantitative estimate of drug-likeness (QED) is 0.414. The fourth-order valence-corrected chi connectivity index (χ4v) is 1.88. The highest BCUT2D eigenvalue weighted by Crippen LogP contribution is 2.08. The first-order valence-corrected chi connectivity index (χ1v) is 7.32. The van der Waals surface area contributed by atoms with Gasteiger partial charge in [0.15, 0.2) is 0 Å². The van der Waals surface area contributed by atoms with E-state index < -0.39 is 23.9 Å². The molecule has 116 valence electrons. The maximum atomic E-state index is 12.1. The summed E-state index contributed by atoms with van der Waals surface area (Å²) >= 11 is 5.58. The summed E-state index contributed by atoms with van der Waals surface area (Å²) < 4.78 is 5.19. The average Bonchev–Trinajstić information content (AvgIpc) is 2.49. The van der Waals surface area contributed by atoms with E-state index in [1.807, 2.05) is 30.3 Å². The number of ether oxygens (including phenoxy) is 1. The number of benzene rings is 1. The Labute approximate surface area is 129 Å². The van der Waals surface area contributed by atoms with Gasteiger partial charge in [0.2, 0.25) is 0 Å². The molecule has 0 radical (unpaired) electrons. The van der Waals surface area contributed by atoms with Gasteiger partial charge in [0.05, 0.1) is 5.92 Å². The van der Waals surface area contributed by atoms with Crippen molar-refractivity contribution in [2.45, 2.75) is 26.0 Å². The molecule has 0 aliphatic carbocycles. The Bertz CT molecular complexity index is 452. The van der Waals surface area contributed by atoms with Crippen LogP contribution in [0.1, 0.15) is 18.9 Å². The molecule has 0 aromatic heterocycles. The number of hydrogen-bond acceptors (Lipinski definition) is 4. The standard InChI is InChI=1S/C15H20ClNO4/c1-11(14(18)19)13(17-9-5-8-16)15(20)21-10-12-6-3-2-4-7-12/h2-4,6-7,11,13,17H,5,8-10H2,1H3,(H,18,19)/t11?,13-/m1/s1. The highest BCUT2D eigenvalue weighted by Gasteiger charge is 2.30. The predicted octanol–water partition coefficient (Wildman–Crippen LogP) is 2.04. The Morgan fingerprint density at radius 3 is 2.57 bits per heavy atom. The molecular weight excluding hydrogens is 294 g/mol. The van der Waals surface area contributed by atoms with Crippen LogP contribution in [-0.2, 0) is 20.9 Å². The monoisotopic (exact) mass is 313 g/mol. The molecule has 6 heteroatoms. The molecule has 0 bridgehead atoms. The van der Waals surface area contributed by atoms with E-state index in [1.54, 1.807) is 0 Å². The smallest absolute Gasteiger partial charge is 0.324 e. The molecule has 0 heterocycles. The summed E-state index contributed by atoms with van der Waals surface area (Å²) in [5.41, 5.74) is 0.855. The van der Waals surface area contributed by atoms with Crippen LogP contribution in [0.15, 0.2) is 30.3 Å². The SMILES string of the molecule is CC(C(=O)O)[C@@H](NCCCCl)C(=O)OCc1ccccc1. The van der Waals surface area contributed by atoms with Crippen molar-refractivity contribution in [3.8, 4) is 0 Å². The summed E-state index contributed by atoms with van der Waals surface area (Å²) in [6.45, 7) is 2.07. The van der Waals surface area contributed by atoms with Gasteiger partial charge in [-0.05, 0) is 25.5 Å². The molecule has 5 nitrogen and oxygen atoms in total. The van der Waals surface area contributed by atoms with Crippen molar-refractivity contribution in [2.24, 2.45) is 5.92 Å². The number of aliphatic carboxylic acids is 1. The van der Waals surface area contributed by atoms with Crippen LogP contribution < -0.4 is 5.32 Å². The Morgan fingerprint density at radius 2 is 2.00 bits per heavy atom. The Kier molecular flexibility index (Phi) is 7.79. The maximum absolute atomic E-state index is 12.1. The number of halogens is 1. The van der Waals surface area contributed by atoms with E-state index in [0.717, 1.165) is 5.56 Å². The lowest BCUT2D eigenvalue weighted by atomic mass is 10.0. The fourth-order valence-electron chi connectivity index (χ4n) is 1.75. The van der Waals surface area contributed by atoms with Gasteiger partial charge >= 0.3 is 11.9 Å². The number of carboxylic acids is 1. The second-order valence-electron chi connectivity index (χ2n) is 4.69. The first kappa shape index (κ1) is 17.5. The second kappa shape index (κ2) is 9.37. The summed E-state index contributed by atoms with van der Waals surface area (Å²) in [6.07, 6.45) is 0.649. The van der Waals surface area contributed by atoms with Crippen LogP contribution in [0.2, 0.25) is 0 Å². The van der Waals surface area contributed by atoms with Crippen molar-refractivity contribution >= 4 is 23.5 Å². The summed E-state index contributed by atoms with van der Waals surface area (Å²) in [5.74, 6) is -2.04. The molecule has 0 aliphatic heterocycles. The van der Waals surface area contributed by atoms with Crippen LogP contribution in [0.25, 0.3) is 0 Å². The third-order valence-electron chi connectivity index (χ3n) is 3.04. The van der Waals surface area contributed by atoms with Crippen LogP contribution >= 0.6 is 11.6 Å². The molecule has 21 heavy (non-hydrogen) atoms. The lowest BCUT2D eigenvalue weighted by Gasteiger charge is -2.20. The zero-order chi connectivity index (χ0) is 15.7. The minimum Gasteiger partial charge on any atom is -0.481 e. The van der Waals surface area contributed by atoms with Gasteiger partial charge in [-0.25, -0.2) is 0 Å². The van der Waals surface area contributed by atoms with E-state index in [0.29, 0.717) is 18.8 Å². The molecule has 0 spiro atoms. The summed E-state index contributed by atoms with van der Waals surface area (Å²) in [4.78, 5) is 23.2. The number of carboxylic acid groups (broad SMARTS) is 1. The number of carbonyl (C=O) groups excluding carboxylic acids is 1. The molecule has 0 amide bonds. The van der Waals surface area contributed by atoms with E-state index in [9.17, 15) is 9.59 Å². The summed E-state index contributed by atoms with van der Waals surface area (Å²) in [6, 6.07) is 8.36. The van der Waals surface area contributed by atoms with Crippen molar-refractivity contribution in [3.63, 3.8) is 0 Å². The molecule has 2 N–H and O–H groups in total. The first-order valence-electron chi connectivity index (χ1n) is 6.79. The van der Waals surface area contributed by atoms with Gasteiger partial charge in [-0.2, -0.15) is 0 Å². The zero-order valence-electron chi connectivity index (χ0n) is 11.9. The lowest BCUT2D eigenvalue weighted by molar-refractivity contribution is -0.155. The zero-order valence-corrected chi connectivity index (χ0v) is 12.7. The maximum Gasteiger partial charge on any atom is 0.324 e. The number of nitrogens with one attached hydrogen (secondary N) is 1. The minimum atomic E-state index is -1.05. The van der Waals surface area contributed by atoms with Crippen LogP contribution in [-0.4, -0.2) is 35.5 Å². The molecule has 0 saturated carbocycles. The highest BCUT2D eigenvalue weighted by molar-refractivity contribution is 6.17. The largest absolute Gasteiger partial charge is 0.481 e. The van der Waals surface area contributed by atoms with Gasteiger partial charge in [-0.15, -0.1) is 11.6 Å². The first-order chi connectivity index (χ1) is 10.1. The molecular formula is C15H20ClNO4. The molecule has 1 aromatic rings. The van der Waals surface area contributed by atoms with E-state index in [-0.39, 0.29) is 6.61 Å². The van der Waals surface area contributed by atoms with E-state index >= 15 is 0 Å². The summed E-state index contributed by atoms with van der Waals surface area (Å²) in [7, 11) is 0. The van der Waals surface area contributed by atoms with Crippen LogP contribution in [0, 0.1) is 5.92 Å². The summed E-state index contributed by atoms with van der Waals surface area (Å²) in [5, 5.41) is 12.0. The Hall–Kier alpha value is -1.59.